The molecule has 1 aliphatic rings. The molecule has 22 heavy (non-hydrogen) atoms. The zero-order chi connectivity index (χ0) is 15.4. The van der Waals surface area contributed by atoms with E-state index in [4.69, 9.17) is 4.74 Å². The van der Waals surface area contributed by atoms with Gasteiger partial charge in [-0.25, -0.2) is 9.37 Å². The predicted molar refractivity (Wildman–Crippen MR) is 80.1 cm³/mol. The second-order valence-corrected chi connectivity index (χ2v) is 5.40. The van der Waals surface area contributed by atoms with Gasteiger partial charge < -0.3 is 10.1 Å². The molecule has 114 valence electrons. The molecule has 5 heteroatoms. The first-order chi connectivity index (χ1) is 10.7. The summed E-state index contributed by atoms with van der Waals surface area (Å²) in [6.07, 6.45) is 4.80. The van der Waals surface area contributed by atoms with Crippen LogP contribution in [0.4, 0.5) is 4.39 Å². The quantitative estimate of drug-likeness (QED) is 0.923. The van der Waals surface area contributed by atoms with E-state index in [1.807, 2.05) is 0 Å². The molecule has 1 aliphatic carbocycles. The van der Waals surface area contributed by atoms with Crippen molar-refractivity contribution in [3.63, 3.8) is 0 Å². The van der Waals surface area contributed by atoms with Crippen LogP contribution >= 0.6 is 0 Å². The van der Waals surface area contributed by atoms with E-state index in [-0.39, 0.29) is 11.7 Å². The summed E-state index contributed by atoms with van der Waals surface area (Å²) in [6, 6.07) is 9.77. The highest BCUT2D eigenvalue weighted by Gasteiger charge is 2.20. The van der Waals surface area contributed by atoms with Crippen molar-refractivity contribution in [2.75, 3.05) is 0 Å². The highest BCUT2D eigenvalue weighted by Crippen LogP contribution is 2.19. The van der Waals surface area contributed by atoms with Crippen LogP contribution in [0.1, 0.15) is 35.2 Å². The van der Waals surface area contributed by atoms with Gasteiger partial charge in [-0.1, -0.05) is 12.1 Å². The van der Waals surface area contributed by atoms with Crippen molar-refractivity contribution in [2.45, 2.75) is 31.9 Å². The lowest BCUT2D eigenvalue weighted by molar-refractivity contribution is 0.0916. The summed E-state index contributed by atoms with van der Waals surface area (Å²) in [5.74, 6) is 0.0653. The predicted octanol–water partition coefficient (Wildman–Crippen LogP) is 3.08. The molecule has 1 fully saturated rings. The van der Waals surface area contributed by atoms with Crippen molar-refractivity contribution in [3.05, 3.63) is 59.5 Å². The average Bonchev–Trinajstić information content (AvgIpc) is 2.51. The van der Waals surface area contributed by atoms with Gasteiger partial charge in [0.1, 0.15) is 12.4 Å². The van der Waals surface area contributed by atoms with Gasteiger partial charge in [0, 0.05) is 18.3 Å². The van der Waals surface area contributed by atoms with Gasteiger partial charge in [-0.15, -0.1) is 0 Å². The lowest BCUT2D eigenvalue weighted by Gasteiger charge is -2.26. The van der Waals surface area contributed by atoms with Crippen LogP contribution in [0, 0.1) is 5.82 Å². The molecule has 0 unspecified atom stereocenters. The number of pyridine rings is 1. The van der Waals surface area contributed by atoms with Crippen LogP contribution in [0.3, 0.4) is 0 Å². The molecule has 4 nitrogen and oxygen atoms in total. The highest BCUT2D eigenvalue weighted by molar-refractivity contribution is 5.94. The smallest absolute Gasteiger partial charge is 0.253 e. The molecule has 0 aliphatic heterocycles. The molecular formula is C17H17FN2O2. The third-order valence-electron chi connectivity index (χ3n) is 3.74. The maximum Gasteiger partial charge on any atom is 0.253 e. The molecule has 1 N–H and O–H groups in total. The number of nitrogens with one attached hydrogen (secondary N) is 1. The molecule has 0 radical (unpaired) electrons. The van der Waals surface area contributed by atoms with Crippen molar-refractivity contribution in [1.82, 2.24) is 10.3 Å². The first-order valence-corrected chi connectivity index (χ1v) is 7.35. The zero-order valence-corrected chi connectivity index (χ0v) is 12.1. The van der Waals surface area contributed by atoms with Crippen molar-refractivity contribution in [2.24, 2.45) is 0 Å². The Bertz CT molecular complexity index is 637. The van der Waals surface area contributed by atoms with Crippen LogP contribution in [0.25, 0.3) is 0 Å². The molecule has 3 rings (SSSR count). The fourth-order valence-electron chi connectivity index (χ4n) is 2.16. The number of benzene rings is 1. The fourth-order valence-corrected chi connectivity index (χ4v) is 2.16. The van der Waals surface area contributed by atoms with Gasteiger partial charge in [-0.2, -0.15) is 0 Å². The molecule has 0 atom stereocenters. The highest BCUT2D eigenvalue weighted by atomic mass is 19.1. The minimum atomic E-state index is -0.274. The summed E-state index contributed by atoms with van der Waals surface area (Å²) in [5.41, 5.74) is 1.39. The van der Waals surface area contributed by atoms with Gasteiger partial charge in [0.15, 0.2) is 0 Å². The van der Waals surface area contributed by atoms with Crippen LogP contribution in [0.5, 0.6) is 5.88 Å². The van der Waals surface area contributed by atoms with Gasteiger partial charge in [-0.3, -0.25) is 4.79 Å². The van der Waals surface area contributed by atoms with Gasteiger partial charge in [0.05, 0.1) is 5.56 Å². The van der Waals surface area contributed by atoms with Crippen LogP contribution < -0.4 is 10.1 Å². The third kappa shape index (κ3) is 3.61. The van der Waals surface area contributed by atoms with Crippen molar-refractivity contribution in [1.29, 1.82) is 0 Å². The standard InChI is InChI=1S/C17H17FN2O2/c18-14-7-4-12(5-8-14)11-22-16-9-6-13(10-19-16)17(21)20-15-2-1-3-15/h4-10,15H,1-3,11H2,(H,20,21). The van der Waals surface area contributed by atoms with Gasteiger partial charge in [0.25, 0.3) is 5.91 Å². The Hall–Kier alpha value is -2.43. The monoisotopic (exact) mass is 300 g/mol. The Morgan fingerprint density at radius 1 is 1.23 bits per heavy atom. The van der Waals surface area contributed by atoms with E-state index in [1.54, 1.807) is 24.3 Å². The third-order valence-corrected chi connectivity index (χ3v) is 3.74. The van der Waals surface area contributed by atoms with E-state index in [9.17, 15) is 9.18 Å². The number of nitrogens with zero attached hydrogens (tertiary/aromatic N) is 1. The van der Waals surface area contributed by atoms with Crippen molar-refractivity contribution in [3.8, 4) is 5.88 Å². The Morgan fingerprint density at radius 2 is 2.00 bits per heavy atom. The Kier molecular flexibility index (Phi) is 4.32. The number of aromatic nitrogens is 1. The fraction of sp³-hybridized carbons (Fsp3) is 0.294. The Balaban J connectivity index is 1.54. The molecule has 0 bridgehead atoms. The second-order valence-electron chi connectivity index (χ2n) is 5.40. The summed E-state index contributed by atoms with van der Waals surface area (Å²) >= 11 is 0. The summed E-state index contributed by atoms with van der Waals surface area (Å²) in [6.45, 7) is 0.306. The van der Waals surface area contributed by atoms with E-state index in [2.05, 4.69) is 10.3 Å². The topological polar surface area (TPSA) is 51.2 Å². The summed E-state index contributed by atoms with van der Waals surface area (Å²) in [5, 5.41) is 2.96. The minimum absolute atomic E-state index is 0.0951. The Labute approximate surface area is 128 Å². The molecule has 1 amide bonds. The largest absolute Gasteiger partial charge is 0.473 e. The molecule has 2 aromatic rings. The lowest BCUT2D eigenvalue weighted by atomic mass is 9.93. The molecular weight excluding hydrogens is 283 g/mol. The number of amides is 1. The summed E-state index contributed by atoms with van der Waals surface area (Å²) < 4.78 is 18.3. The summed E-state index contributed by atoms with van der Waals surface area (Å²) in [7, 11) is 0. The zero-order valence-electron chi connectivity index (χ0n) is 12.1. The van der Waals surface area contributed by atoms with Gasteiger partial charge in [0.2, 0.25) is 5.88 Å². The van der Waals surface area contributed by atoms with E-state index in [1.165, 1.54) is 24.8 Å². The lowest BCUT2D eigenvalue weighted by Crippen LogP contribution is -2.39. The number of halogens is 1. The normalized spacial score (nSPS) is 14.2. The summed E-state index contributed by atoms with van der Waals surface area (Å²) in [4.78, 5) is 16.1. The molecule has 1 aromatic heterocycles. The van der Waals surface area contributed by atoms with Crippen LogP contribution in [0.2, 0.25) is 0 Å². The number of carbonyl (C=O) groups excluding carboxylic acids is 1. The van der Waals surface area contributed by atoms with E-state index in [0.29, 0.717) is 24.1 Å². The van der Waals surface area contributed by atoms with E-state index in [0.717, 1.165) is 18.4 Å². The first kappa shape index (κ1) is 14.5. The SMILES string of the molecule is O=C(NC1CCC1)c1ccc(OCc2ccc(F)cc2)nc1. The van der Waals surface area contributed by atoms with Gasteiger partial charge >= 0.3 is 0 Å². The van der Waals surface area contributed by atoms with Gasteiger partial charge in [-0.05, 0) is 43.0 Å². The maximum atomic E-state index is 12.8. The number of ether oxygens (including phenoxy) is 1. The molecule has 0 saturated heterocycles. The molecule has 1 heterocycles. The average molecular weight is 300 g/mol. The van der Waals surface area contributed by atoms with E-state index >= 15 is 0 Å². The minimum Gasteiger partial charge on any atom is -0.473 e. The second kappa shape index (κ2) is 6.56. The number of hydrogen-bond acceptors (Lipinski definition) is 3. The molecule has 1 aromatic carbocycles. The van der Waals surface area contributed by atoms with E-state index < -0.39 is 0 Å². The van der Waals surface area contributed by atoms with Crippen molar-refractivity contribution < 1.29 is 13.9 Å². The van der Waals surface area contributed by atoms with Crippen LogP contribution in [-0.4, -0.2) is 16.9 Å². The first-order valence-electron chi connectivity index (χ1n) is 7.35. The van der Waals surface area contributed by atoms with Crippen LogP contribution in [0.15, 0.2) is 42.6 Å². The van der Waals surface area contributed by atoms with Crippen LogP contribution in [-0.2, 0) is 6.61 Å². The maximum absolute atomic E-state index is 12.8. The number of carbonyl (C=O) groups is 1. The number of rotatable bonds is 5. The molecule has 0 spiro atoms. The Morgan fingerprint density at radius 3 is 2.59 bits per heavy atom. The molecule has 1 saturated carbocycles. The van der Waals surface area contributed by atoms with Crippen molar-refractivity contribution >= 4 is 5.91 Å². The number of hydrogen-bond donors (Lipinski definition) is 1.